The van der Waals surface area contributed by atoms with Gasteiger partial charge in [0.05, 0.1) is 26.4 Å². The first kappa shape index (κ1) is 10.9. The Bertz CT molecular complexity index is 404. The SMILES string of the molecule is COc1ccc(C(=O)NC2COC2)cc1F. The van der Waals surface area contributed by atoms with Gasteiger partial charge in [0.1, 0.15) is 0 Å². The Labute approximate surface area is 92.4 Å². The van der Waals surface area contributed by atoms with Crippen LogP contribution >= 0.6 is 0 Å². The van der Waals surface area contributed by atoms with Crippen molar-refractivity contribution < 1.29 is 18.7 Å². The van der Waals surface area contributed by atoms with Crippen LogP contribution in [0.25, 0.3) is 0 Å². The molecule has 0 aliphatic carbocycles. The highest BCUT2D eigenvalue weighted by Crippen LogP contribution is 2.17. The van der Waals surface area contributed by atoms with Crippen molar-refractivity contribution in [1.29, 1.82) is 0 Å². The molecule has 2 rings (SSSR count). The lowest BCUT2D eigenvalue weighted by Gasteiger charge is -2.26. The molecule has 1 fully saturated rings. The van der Waals surface area contributed by atoms with E-state index in [1.54, 1.807) is 0 Å². The van der Waals surface area contributed by atoms with Crippen LogP contribution in [0.2, 0.25) is 0 Å². The predicted octanol–water partition coefficient (Wildman–Crippen LogP) is 0.963. The van der Waals surface area contributed by atoms with Crippen LogP contribution in [0.4, 0.5) is 4.39 Å². The summed E-state index contributed by atoms with van der Waals surface area (Å²) in [6.45, 7) is 1.04. The Balaban J connectivity index is 2.07. The highest BCUT2D eigenvalue weighted by Gasteiger charge is 2.21. The number of carbonyl (C=O) groups is 1. The molecule has 16 heavy (non-hydrogen) atoms. The molecule has 1 heterocycles. The lowest BCUT2D eigenvalue weighted by atomic mass is 10.1. The van der Waals surface area contributed by atoms with Crippen LogP contribution in [0.15, 0.2) is 18.2 Å². The quantitative estimate of drug-likeness (QED) is 0.833. The molecule has 1 aliphatic rings. The van der Waals surface area contributed by atoms with Crippen LogP contribution in [0, 0.1) is 5.82 Å². The molecule has 1 aliphatic heterocycles. The largest absolute Gasteiger partial charge is 0.494 e. The number of hydrogen-bond acceptors (Lipinski definition) is 3. The molecule has 4 nitrogen and oxygen atoms in total. The number of methoxy groups -OCH3 is 1. The van der Waals surface area contributed by atoms with Crippen molar-refractivity contribution in [2.24, 2.45) is 0 Å². The van der Waals surface area contributed by atoms with Gasteiger partial charge in [-0.15, -0.1) is 0 Å². The van der Waals surface area contributed by atoms with Gasteiger partial charge in [-0.05, 0) is 18.2 Å². The monoisotopic (exact) mass is 225 g/mol. The predicted molar refractivity (Wildman–Crippen MR) is 55.0 cm³/mol. The number of rotatable bonds is 3. The number of benzene rings is 1. The molecule has 0 aromatic heterocycles. The van der Waals surface area contributed by atoms with Gasteiger partial charge < -0.3 is 14.8 Å². The van der Waals surface area contributed by atoms with Gasteiger partial charge in [0.25, 0.3) is 5.91 Å². The molecule has 0 atom stereocenters. The van der Waals surface area contributed by atoms with Crippen molar-refractivity contribution in [3.05, 3.63) is 29.6 Å². The highest BCUT2D eigenvalue weighted by molar-refractivity contribution is 5.94. The summed E-state index contributed by atoms with van der Waals surface area (Å²) < 4.78 is 23.0. The van der Waals surface area contributed by atoms with Crippen LogP contribution in [0.5, 0.6) is 5.75 Å². The van der Waals surface area contributed by atoms with E-state index >= 15 is 0 Å². The van der Waals surface area contributed by atoms with Crippen molar-refractivity contribution in [3.8, 4) is 5.75 Å². The Kier molecular flexibility index (Phi) is 3.05. The number of amides is 1. The van der Waals surface area contributed by atoms with E-state index in [2.05, 4.69) is 5.32 Å². The van der Waals surface area contributed by atoms with Gasteiger partial charge in [-0.1, -0.05) is 0 Å². The summed E-state index contributed by atoms with van der Waals surface area (Å²) in [4.78, 5) is 11.6. The van der Waals surface area contributed by atoms with Crippen LogP contribution in [0.3, 0.4) is 0 Å². The fourth-order valence-corrected chi connectivity index (χ4v) is 1.40. The fraction of sp³-hybridized carbons (Fsp3) is 0.364. The van der Waals surface area contributed by atoms with Gasteiger partial charge in [0.2, 0.25) is 0 Å². The standard InChI is InChI=1S/C11H12FNO3/c1-15-10-3-2-7(4-9(10)12)11(14)13-8-5-16-6-8/h2-4,8H,5-6H2,1H3,(H,13,14). The molecule has 0 unspecified atom stereocenters. The first-order valence-electron chi connectivity index (χ1n) is 4.93. The van der Waals surface area contributed by atoms with E-state index in [9.17, 15) is 9.18 Å². The zero-order valence-electron chi connectivity index (χ0n) is 8.83. The third-order valence-corrected chi connectivity index (χ3v) is 2.39. The van der Waals surface area contributed by atoms with Gasteiger partial charge in [-0.3, -0.25) is 4.79 Å². The molecule has 0 radical (unpaired) electrons. The minimum Gasteiger partial charge on any atom is -0.494 e. The summed E-state index contributed by atoms with van der Waals surface area (Å²) in [5.41, 5.74) is 0.283. The van der Waals surface area contributed by atoms with Crippen molar-refractivity contribution in [1.82, 2.24) is 5.32 Å². The average molecular weight is 225 g/mol. The highest BCUT2D eigenvalue weighted by atomic mass is 19.1. The molecule has 1 N–H and O–H groups in total. The normalized spacial score (nSPS) is 15.4. The van der Waals surface area contributed by atoms with Crippen molar-refractivity contribution in [2.75, 3.05) is 20.3 Å². The third-order valence-electron chi connectivity index (χ3n) is 2.39. The minimum absolute atomic E-state index is 0.0395. The topological polar surface area (TPSA) is 47.6 Å². The van der Waals surface area contributed by atoms with Crippen LogP contribution in [-0.4, -0.2) is 32.3 Å². The Hall–Kier alpha value is -1.62. The lowest BCUT2D eigenvalue weighted by Crippen LogP contribution is -2.48. The molecule has 0 bridgehead atoms. The summed E-state index contributed by atoms with van der Waals surface area (Å²) in [6, 6.07) is 4.16. The van der Waals surface area contributed by atoms with E-state index < -0.39 is 5.82 Å². The summed E-state index contributed by atoms with van der Waals surface area (Å²) in [5, 5.41) is 2.73. The number of hydrogen-bond donors (Lipinski definition) is 1. The second kappa shape index (κ2) is 4.49. The Morgan fingerprint density at radius 1 is 1.56 bits per heavy atom. The van der Waals surface area contributed by atoms with E-state index in [1.165, 1.54) is 19.2 Å². The maximum Gasteiger partial charge on any atom is 0.251 e. The summed E-state index contributed by atoms with van der Waals surface area (Å²) >= 11 is 0. The van der Waals surface area contributed by atoms with Crippen molar-refractivity contribution >= 4 is 5.91 Å². The molecule has 1 amide bonds. The zero-order valence-corrected chi connectivity index (χ0v) is 8.83. The fourth-order valence-electron chi connectivity index (χ4n) is 1.40. The van der Waals surface area contributed by atoms with E-state index in [1.807, 2.05) is 0 Å². The first-order valence-corrected chi connectivity index (χ1v) is 4.93. The van der Waals surface area contributed by atoms with E-state index in [4.69, 9.17) is 9.47 Å². The molecular weight excluding hydrogens is 213 g/mol. The maximum atomic E-state index is 13.3. The van der Waals surface area contributed by atoms with Crippen LogP contribution in [0.1, 0.15) is 10.4 Å². The minimum atomic E-state index is -0.542. The van der Waals surface area contributed by atoms with Gasteiger partial charge >= 0.3 is 0 Å². The van der Waals surface area contributed by atoms with E-state index in [0.29, 0.717) is 13.2 Å². The van der Waals surface area contributed by atoms with E-state index in [-0.39, 0.29) is 23.3 Å². The third kappa shape index (κ3) is 2.14. The number of carbonyl (C=O) groups excluding carboxylic acids is 1. The second-order valence-electron chi connectivity index (χ2n) is 3.56. The number of ether oxygens (including phenoxy) is 2. The molecular formula is C11H12FNO3. The van der Waals surface area contributed by atoms with Gasteiger partial charge in [0.15, 0.2) is 11.6 Å². The van der Waals surface area contributed by atoms with Crippen LogP contribution in [-0.2, 0) is 4.74 Å². The van der Waals surface area contributed by atoms with Gasteiger partial charge in [0, 0.05) is 5.56 Å². The summed E-state index contributed by atoms with van der Waals surface area (Å²) in [7, 11) is 1.38. The average Bonchev–Trinajstić information content (AvgIpc) is 2.23. The summed E-state index contributed by atoms with van der Waals surface area (Å²) in [6.07, 6.45) is 0. The lowest BCUT2D eigenvalue weighted by molar-refractivity contribution is -0.00346. The molecule has 5 heteroatoms. The summed E-state index contributed by atoms with van der Waals surface area (Å²) in [5.74, 6) is -0.710. The smallest absolute Gasteiger partial charge is 0.251 e. The molecule has 0 spiro atoms. The van der Waals surface area contributed by atoms with E-state index in [0.717, 1.165) is 6.07 Å². The molecule has 1 saturated heterocycles. The zero-order chi connectivity index (χ0) is 11.5. The number of nitrogens with one attached hydrogen (secondary N) is 1. The van der Waals surface area contributed by atoms with Crippen molar-refractivity contribution in [3.63, 3.8) is 0 Å². The Morgan fingerprint density at radius 2 is 2.31 bits per heavy atom. The van der Waals surface area contributed by atoms with Crippen LogP contribution < -0.4 is 10.1 Å². The molecule has 1 aromatic carbocycles. The second-order valence-corrected chi connectivity index (χ2v) is 3.56. The number of halogens is 1. The first-order chi connectivity index (χ1) is 7.70. The maximum absolute atomic E-state index is 13.3. The molecule has 86 valence electrons. The molecule has 1 aromatic rings. The molecule has 0 saturated carbocycles. The van der Waals surface area contributed by atoms with Gasteiger partial charge in [-0.2, -0.15) is 0 Å². The Morgan fingerprint density at radius 3 is 2.81 bits per heavy atom. The van der Waals surface area contributed by atoms with Crippen molar-refractivity contribution in [2.45, 2.75) is 6.04 Å². The van der Waals surface area contributed by atoms with Gasteiger partial charge in [-0.25, -0.2) is 4.39 Å².